The van der Waals surface area contributed by atoms with E-state index in [0.29, 0.717) is 20.0 Å². The fourth-order valence-electron chi connectivity index (χ4n) is 0.564. The van der Waals surface area contributed by atoms with Gasteiger partial charge in [0.15, 0.2) is 0 Å². The minimum absolute atomic E-state index is 0.316. The molecule has 1 saturated heterocycles. The maximum absolute atomic E-state index is 5.41. The zero-order chi connectivity index (χ0) is 6.04. The van der Waals surface area contributed by atoms with Gasteiger partial charge in [0, 0.05) is 0 Å². The molecule has 0 aromatic heterocycles. The standard InChI is InChI=1S/C4H10N2O2/c5-4(6)1-7-3-8-2-4/h1-3,5-6H2. The predicted molar refractivity (Wildman–Crippen MR) is 27.9 cm³/mol. The second kappa shape index (κ2) is 1.99. The van der Waals surface area contributed by atoms with Crippen LogP contribution in [-0.2, 0) is 9.47 Å². The molecule has 8 heavy (non-hydrogen) atoms. The minimum atomic E-state index is -0.766. The van der Waals surface area contributed by atoms with Crippen molar-refractivity contribution in [2.75, 3.05) is 20.0 Å². The molecule has 4 nitrogen and oxygen atoms in total. The Labute approximate surface area is 47.7 Å². The van der Waals surface area contributed by atoms with Crippen molar-refractivity contribution in [2.45, 2.75) is 5.66 Å². The molecule has 0 spiro atoms. The summed E-state index contributed by atoms with van der Waals surface area (Å²) in [5.74, 6) is 0. The van der Waals surface area contributed by atoms with Gasteiger partial charge in [0.05, 0.1) is 13.2 Å². The molecule has 0 aliphatic carbocycles. The minimum Gasteiger partial charge on any atom is -0.352 e. The maximum Gasteiger partial charge on any atom is 0.147 e. The highest BCUT2D eigenvalue weighted by molar-refractivity contribution is 4.76. The third-order valence-corrected chi connectivity index (χ3v) is 0.908. The van der Waals surface area contributed by atoms with Gasteiger partial charge in [-0.05, 0) is 0 Å². The van der Waals surface area contributed by atoms with Crippen molar-refractivity contribution >= 4 is 0 Å². The van der Waals surface area contributed by atoms with Crippen LogP contribution in [0.4, 0.5) is 0 Å². The lowest BCUT2D eigenvalue weighted by molar-refractivity contribution is -0.133. The summed E-state index contributed by atoms with van der Waals surface area (Å²) in [5, 5.41) is 0. The van der Waals surface area contributed by atoms with Gasteiger partial charge in [-0.1, -0.05) is 0 Å². The van der Waals surface area contributed by atoms with E-state index < -0.39 is 5.66 Å². The third-order valence-electron chi connectivity index (χ3n) is 0.908. The van der Waals surface area contributed by atoms with Crippen molar-refractivity contribution in [3.05, 3.63) is 0 Å². The quantitative estimate of drug-likeness (QED) is 0.384. The Balaban J connectivity index is 2.33. The SMILES string of the molecule is NC1(N)COCOC1. The van der Waals surface area contributed by atoms with Crippen molar-refractivity contribution < 1.29 is 9.47 Å². The van der Waals surface area contributed by atoms with Crippen LogP contribution in [0.3, 0.4) is 0 Å². The van der Waals surface area contributed by atoms with E-state index in [-0.39, 0.29) is 0 Å². The Hall–Kier alpha value is -0.160. The molecule has 1 fully saturated rings. The van der Waals surface area contributed by atoms with E-state index in [0.717, 1.165) is 0 Å². The summed E-state index contributed by atoms with van der Waals surface area (Å²) in [6.45, 7) is 1.08. The van der Waals surface area contributed by atoms with Crippen LogP contribution < -0.4 is 11.5 Å². The lowest BCUT2D eigenvalue weighted by Gasteiger charge is -2.28. The number of hydrogen-bond acceptors (Lipinski definition) is 4. The first kappa shape index (κ1) is 5.97. The molecule has 1 aliphatic rings. The monoisotopic (exact) mass is 118 g/mol. The van der Waals surface area contributed by atoms with Gasteiger partial charge in [0.25, 0.3) is 0 Å². The Morgan fingerprint density at radius 3 is 1.88 bits per heavy atom. The molecular weight excluding hydrogens is 108 g/mol. The van der Waals surface area contributed by atoms with Crippen molar-refractivity contribution in [1.29, 1.82) is 0 Å². The van der Waals surface area contributed by atoms with Gasteiger partial charge in [-0.25, -0.2) is 0 Å². The molecule has 48 valence electrons. The maximum atomic E-state index is 5.41. The number of nitrogens with two attached hydrogens (primary N) is 2. The molecule has 1 heterocycles. The van der Waals surface area contributed by atoms with Crippen LogP contribution in [0, 0.1) is 0 Å². The van der Waals surface area contributed by atoms with Crippen LogP contribution in [0.1, 0.15) is 0 Å². The summed E-state index contributed by atoms with van der Waals surface area (Å²) >= 11 is 0. The van der Waals surface area contributed by atoms with Crippen LogP contribution in [0.2, 0.25) is 0 Å². The topological polar surface area (TPSA) is 70.5 Å². The van der Waals surface area contributed by atoms with Crippen LogP contribution >= 0.6 is 0 Å². The zero-order valence-electron chi connectivity index (χ0n) is 4.59. The van der Waals surface area contributed by atoms with E-state index in [2.05, 4.69) is 0 Å². The molecule has 0 aromatic carbocycles. The summed E-state index contributed by atoms with van der Waals surface area (Å²) in [7, 11) is 0. The van der Waals surface area contributed by atoms with Crippen molar-refractivity contribution in [3.8, 4) is 0 Å². The average molecular weight is 118 g/mol. The Kier molecular flexibility index (Phi) is 1.48. The third kappa shape index (κ3) is 1.41. The summed E-state index contributed by atoms with van der Waals surface area (Å²) in [5.41, 5.74) is 10.0. The van der Waals surface area contributed by atoms with Gasteiger partial charge in [-0.2, -0.15) is 0 Å². The fraction of sp³-hybridized carbons (Fsp3) is 1.00. The molecule has 0 amide bonds. The van der Waals surface area contributed by atoms with Gasteiger partial charge >= 0.3 is 0 Å². The summed E-state index contributed by atoms with van der Waals surface area (Å²) in [6, 6.07) is 0. The highest BCUT2D eigenvalue weighted by Gasteiger charge is 2.22. The molecule has 4 heteroatoms. The molecule has 0 radical (unpaired) electrons. The van der Waals surface area contributed by atoms with E-state index in [1.54, 1.807) is 0 Å². The first-order valence-electron chi connectivity index (χ1n) is 2.44. The number of rotatable bonds is 0. The molecule has 0 bridgehead atoms. The zero-order valence-corrected chi connectivity index (χ0v) is 4.59. The molecule has 0 unspecified atom stereocenters. The predicted octanol–water partition coefficient (Wildman–Crippen LogP) is -1.40. The highest BCUT2D eigenvalue weighted by atomic mass is 16.7. The molecule has 0 saturated carbocycles. The van der Waals surface area contributed by atoms with Gasteiger partial charge in [0.1, 0.15) is 12.5 Å². The molecule has 1 rings (SSSR count). The number of hydrogen-bond donors (Lipinski definition) is 2. The molecule has 0 aromatic rings. The van der Waals surface area contributed by atoms with Gasteiger partial charge < -0.3 is 20.9 Å². The summed E-state index contributed by atoms with van der Waals surface area (Å²) < 4.78 is 9.62. The molecule has 1 aliphatic heterocycles. The molecular formula is C4H10N2O2. The smallest absolute Gasteiger partial charge is 0.147 e. The van der Waals surface area contributed by atoms with Gasteiger partial charge in [0.2, 0.25) is 0 Å². The van der Waals surface area contributed by atoms with Crippen molar-refractivity contribution in [2.24, 2.45) is 11.5 Å². The number of ether oxygens (including phenoxy) is 2. The Bertz CT molecular complexity index is 76.1. The summed E-state index contributed by atoms with van der Waals surface area (Å²) in [4.78, 5) is 0. The second-order valence-corrected chi connectivity index (χ2v) is 2.05. The lowest BCUT2D eigenvalue weighted by Crippen LogP contribution is -2.59. The van der Waals surface area contributed by atoms with Crippen molar-refractivity contribution in [3.63, 3.8) is 0 Å². The first-order valence-corrected chi connectivity index (χ1v) is 2.44. The summed E-state index contributed by atoms with van der Waals surface area (Å²) in [6.07, 6.45) is 0. The van der Waals surface area contributed by atoms with E-state index in [1.165, 1.54) is 0 Å². The van der Waals surface area contributed by atoms with Crippen molar-refractivity contribution in [1.82, 2.24) is 0 Å². The Morgan fingerprint density at radius 1 is 1.12 bits per heavy atom. The van der Waals surface area contributed by atoms with Crippen LogP contribution in [0.5, 0.6) is 0 Å². The Morgan fingerprint density at radius 2 is 1.62 bits per heavy atom. The highest BCUT2D eigenvalue weighted by Crippen LogP contribution is 1.99. The van der Waals surface area contributed by atoms with E-state index in [1.807, 2.05) is 0 Å². The largest absolute Gasteiger partial charge is 0.352 e. The van der Waals surface area contributed by atoms with E-state index >= 15 is 0 Å². The first-order chi connectivity index (χ1) is 3.71. The molecule has 0 atom stereocenters. The second-order valence-electron chi connectivity index (χ2n) is 2.05. The lowest BCUT2D eigenvalue weighted by atomic mass is 10.2. The fourth-order valence-corrected chi connectivity index (χ4v) is 0.564. The average Bonchev–Trinajstić information content (AvgIpc) is 1.65. The van der Waals surface area contributed by atoms with E-state index in [9.17, 15) is 0 Å². The van der Waals surface area contributed by atoms with Crippen LogP contribution in [0.25, 0.3) is 0 Å². The van der Waals surface area contributed by atoms with Gasteiger partial charge in [-0.3, -0.25) is 0 Å². The van der Waals surface area contributed by atoms with Gasteiger partial charge in [-0.15, -0.1) is 0 Å². The van der Waals surface area contributed by atoms with Crippen LogP contribution in [-0.4, -0.2) is 25.7 Å². The van der Waals surface area contributed by atoms with E-state index in [4.69, 9.17) is 20.9 Å². The van der Waals surface area contributed by atoms with Crippen LogP contribution in [0.15, 0.2) is 0 Å². The normalized spacial score (nSPS) is 27.8. The molecule has 4 N–H and O–H groups in total.